The van der Waals surface area contributed by atoms with Gasteiger partial charge >= 0.3 is 0 Å². The van der Waals surface area contributed by atoms with Crippen LogP contribution in [-0.2, 0) is 11.2 Å². The second-order valence-electron chi connectivity index (χ2n) is 4.00. The molecular weight excluding hydrogens is 342 g/mol. The van der Waals surface area contributed by atoms with Crippen LogP contribution in [0, 0.1) is 0 Å². The van der Waals surface area contributed by atoms with E-state index in [-0.39, 0.29) is 18.1 Å². The van der Waals surface area contributed by atoms with E-state index >= 15 is 0 Å². The number of hydrogen-bond acceptors (Lipinski definition) is 5. The van der Waals surface area contributed by atoms with E-state index < -0.39 is 0 Å². The molecule has 0 saturated heterocycles. The Bertz CT molecular complexity index is 642. The van der Waals surface area contributed by atoms with Crippen molar-refractivity contribution >= 4 is 44.1 Å². The molecule has 2 rings (SSSR count). The number of Topliss-reactive ketones (excluding diaryl/α,β-unsaturated/α-hetero) is 1. The van der Waals surface area contributed by atoms with Gasteiger partial charge in [-0.3, -0.25) is 14.9 Å². The number of halogens is 1. The Morgan fingerprint density at radius 1 is 1.30 bits per heavy atom. The molecule has 20 heavy (non-hydrogen) atoms. The quantitative estimate of drug-likeness (QED) is 0.896. The van der Waals surface area contributed by atoms with E-state index in [0.717, 1.165) is 0 Å². The minimum Gasteiger partial charge on any atom is -0.299 e. The minimum atomic E-state index is -0.262. The zero-order valence-corrected chi connectivity index (χ0v) is 13.1. The number of anilines is 1. The Labute approximate surface area is 128 Å². The summed E-state index contributed by atoms with van der Waals surface area (Å²) in [5.74, 6) is -0.160. The lowest BCUT2D eigenvalue weighted by molar-refractivity contribution is -0.118. The molecular formula is C13H12BrN3O2S. The first kappa shape index (κ1) is 14.8. The van der Waals surface area contributed by atoms with Crippen molar-refractivity contribution in [3.8, 4) is 0 Å². The molecule has 0 aliphatic rings. The summed E-state index contributed by atoms with van der Waals surface area (Å²) >= 11 is 4.53. The molecule has 1 N–H and O–H groups in total. The van der Waals surface area contributed by atoms with Gasteiger partial charge in [0.15, 0.2) is 0 Å². The zero-order valence-electron chi connectivity index (χ0n) is 10.7. The molecule has 0 spiro atoms. The molecule has 0 aliphatic carbocycles. The van der Waals surface area contributed by atoms with Gasteiger partial charge in [0.2, 0.25) is 5.13 Å². The lowest BCUT2D eigenvalue weighted by Gasteiger charge is -2.02. The predicted octanol–water partition coefficient (Wildman–Crippen LogP) is 3.07. The number of benzene rings is 1. The van der Waals surface area contributed by atoms with Crippen LogP contribution in [0.3, 0.4) is 0 Å². The van der Waals surface area contributed by atoms with Gasteiger partial charge in [0.1, 0.15) is 10.8 Å². The zero-order chi connectivity index (χ0) is 14.5. The summed E-state index contributed by atoms with van der Waals surface area (Å²) in [5.41, 5.74) is 0.522. The van der Waals surface area contributed by atoms with Gasteiger partial charge in [-0.25, -0.2) is 0 Å². The van der Waals surface area contributed by atoms with Gasteiger partial charge in [-0.1, -0.05) is 30.4 Å². The third-order valence-electron chi connectivity index (χ3n) is 2.55. The number of carbonyl (C=O) groups excluding carboxylic acids is 2. The molecule has 7 heteroatoms. The van der Waals surface area contributed by atoms with Crippen molar-refractivity contribution in [2.24, 2.45) is 0 Å². The van der Waals surface area contributed by atoms with Gasteiger partial charge in [-0.15, -0.1) is 10.2 Å². The van der Waals surface area contributed by atoms with Crippen molar-refractivity contribution in [3.05, 3.63) is 39.3 Å². The molecule has 5 nitrogen and oxygen atoms in total. The van der Waals surface area contributed by atoms with Gasteiger partial charge in [0.25, 0.3) is 5.91 Å². The maximum Gasteiger partial charge on any atom is 0.258 e. The highest BCUT2D eigenvalue weighted by Gasteiger charge is 2.13. The maximum atomic E-state index is 12.1. The fourth-order valence-corrected chi connectivity index (χ4v) is 2.71. The molecule has 0 unspecified atom stereocenters. The number of ketones is 1. The van der Waals surface area contributed by atoms with Gasteiger partial charge in [-0.05, 0) is 28.1 Å². The highest BCUT2D eigenvalue weighted by atomic mass is 79.9. The van der Waals surface area contributed by atoms with Crippen molar-refractivity contribution in [3.63, 3.8) is 0 Å². The topological polar surface area (TPSA) is 72.0 Å². The highest BCUT2D eigenvalue weighted by Crippen LogP contribution is 2.20. The van der Waals surface area contributed by atoms with Gasteiger partial charge in [-0.2, -0.15) is 0 Å². The standard InChI is InChI=1S/C13H12BrN3O2S/c1-2-8(18)7-11-16-17-13(20-11)15-12(19)9-5-3-4-6-10(9)14/h3-6H,2,7H2,1H3,(H,15,17,19). The maximum absolute atomic E-state index is 12.1. The average Bonchev–Trinajstić information content (AvgIpc) is 2.86. The number of rotatable bonds is 5. The number of carbonyl (C=O) groups is 2. The van der Waals surface area contributed by atoms with Crippen LogP contribution in [-0.4, -0.2) is 21.9 Å². The van der Waals surface area contributed by atoms with Crippen LogP contribution in [0.25, 0.3) is 0 Å². The van der Waals surface area contributed by atoms with Crippen molar-refractivity contribution in [2.45, 2.75) is 19.8 Å². The van der Waals surface area contributed by atoms with E-state index in [0.29, 0.717) is 26.6 Å². The fourth-order valence-electron chi connectivity index (χ4n) is 1.48. The Morgan fingerprint density at radius 2 is 2.05 bits per heavy atom. The largest absolute Gasteiger partial charge is 0.299 e. The van der Waals surface area contributed by atoms with E-state index in [1.807, 2.05) is 6.07 Å². The smallest absolute Gasteiger partial charge is 0.258 e. The number of nitrogens with zero attached hydrogens (tertiary/aromatic N) is 2. The molecule has 1 heterocycles. The minimum absolute atomic E-state index is 0.102. The molecule has 0 fully saturated rings. The summed E-state index contributed by atoms with van der Waals surface area (Å²) in [5, 5.41) is 11.4. The first-order valence-electron chi connectivity index (χ1n) is 6.00. The van der Waals surface area contributed by atoms with Crippen molar-refractivity contribution < 1.29 is 9.59 Å². The van der Waals surface area contributed by atoms with Crippen LogP contribution in [0.15, 0.2) is 28.7 Å². The molecule has 0 atom stereocenters. The number of hydrogen-bond donors (Lipinski definition) is 1. The molecule has 0 radical (unpaired) electrons. The first-order valence-corrected chi connectivity index (χ1v) is 7.61. The molecule has 0 saturated carbocycles. The van der Waals surface area contributed by atoms with Crippen LogP contribution < -0.4 is 5.32 Å². The van der Waals surface area contributed by atoms with E-state index in [4.69, 9.17) is 0 Å². The van der Waals surface area contributed by atoms with Crippen LogP contribution in [0.1, 0.15) is 28.7 Å². The van der Waals surface area contributed by atoms with Crippen LogP contribution in [0.5, 0.6) is 0 Å². The van der Waals surface area contributed by atoms with E-state index in [9.17, 15) is 9.59 Å². The second-order valence-corrected chi connectivity index (χ2v) is 5.92. The van der Waals surface area contributed by atoms with Gasteiger partial charge in [0.05, 0.1) is 12.0 Å². The van der Waals surface area contributed by atoms with E-state index in [2.05, 4.69) is 31.4 Å². The Morgan fingerprint density at radius 3 is 2.75 bits per heavy atom. The summed E-state index contributed by atoms with van der Waals surface area (Å²) in [7, 11) is 0. The van der Waals surface area contributed by atoms with Crippen molar-refractivity contribution in [1.82, 2.24) is 10.2 Å². The van der Waals surface area contributed by atoms with Gasteiger partial charge < -0.3 is 0 Å². The summed E-state index contributed by atoms with van der Waals surface area (Å²) < 4.78 is 0.711. The van der Waals surface area contributed by atoms with Crippen molar-refractivity contribution in [1.29, 1.82) is 0 Å². The fraction of sp³-hybridized carbons (Fsp3) is 0.231. The lowest BCUT2D eigenvalue weighted by Crippen LogP contribution is -2.12. The van der Waals surface area contributed by atoms with Crippen LogP contribution >= 0.6 is 27.3 Å². The molecule has 2 aromatic rings. The molecule has 104 valence electrons. The van der Waals surface area contributed by atoms with Gasteiger partial charge in [0, 0.05) is 10.9 Å². The van der Waals surface area contributed by atoms with E-state index in [1.54, 1.807) is 25.1 Å². The third-order valence-corrected chi connectivity index (χ3v) is 4.08. The summed E-state index contributed by atoms with van der Waals surface area (Å²) in [6, 6.07) is 7.12. The van der Waals surface area contributed by atoms with Crippen LogP contribution in [0.2, 0.25) is 0 Å². The molecule has 1 aromatic carbocycles. The predicted molar refractivity (Wildman–Crippen MR) is 81.0 cm³/mol. The molecule has 1 amide bonds. The average molecular weight is 354 g/mol. The lowest BCUT2D eigenvalue weighted by atomic mass is 10.2. The number of aromatic nitrogens is 2. The monoisotopic (exact) mass is 353 g/mol. The SMILES string of the molecule is CCC(=O)Cc1nnc(NC(=O)c2ccccc2Br)s1. The van der Waals surface area contributed by atoms with Crippen molar-refractivity contribution in [2.75, 3.05) is 5.32 Å². The molecule has 0 aliphatic heterocycles. The molecule has 0 bridgehead atoms. The van der Waals surface area contributed by atoms with E-state index in [1.165, 1.54) is 11.3 Å². The second kappa shape index (κ2) is 6.71. The highest BCUT2D eigenvalue weighted by molar-refractivity contribution is 9.10. The first-order chi connectivity index (χ1) is 9.60. The number of nitrogens with one attached hydrogen (secondary N) is 1. The number of amides is 1. The normalized spacial score (nSPS) is 10.3. The summed E-state index contributed by atoms with van der Waals surface area (Å²) in [6.07, 6.45) is 0.733. The molecule has 1 aromatic heterocycles. The van der Waals surface area contributed by atoms with Crippen LogP contribution in [0.4, 0.5) is 5.13 Å². The third kappa shape index (κ3) is 3.71. The summed E-state index contributed by atoms with van der Waals surface area (Å²) in [4.78, 5) is 23.4. The summed E-state index contributed by atoms with van der Waals surface area (Å²) in [6.45, 7) is 1.80. The Kier molecular flexibility index (Phi) is 4.97. The Hall–Kier alpha value is -1.60. The Balaban J connectivity index is 2.05.